The number of benzene rings is 2. The molecule has 1 atom stereocenters. The second-order valence-corrected chi connectivity index (χ2v) is 5.94. The molecule has 0 aliphatic rings. The van der Waals surface area contributed by atoms with Crippen LogP contribution in [0.3, 0.4) is 0 Å². The summed E-state index contributed by atoms with van der Waals surface area (Å²) in [6.07, 6.45) is 0.580. The van der Waals surface area contributed by atoms with E-state index in [0.29, 0.717) is 16.8 Å². The molecule has 0 heterocycles. The molecule has 7 nitrogen and oxygen atoms in total. The Kier molecular flexibility index (Phi) is 7.85. The van der Waals surface area contributed by atoms with Crippen molar-refractivity contribution in [2.75, 3.05) is 11.9 Å². The van der Waals surface area contributed by atoms with E-state index in [-0.39, 0.29) is 12.4 Å². The molecule has 7 heteroatoms. The van der Waals surface area contributed by atoms with Crippen molar-refractivity contribution in [1.29, 1.82) is 0 Å². The Morgan fingerprint density at radius 3 is 2.31 bits per heavy atom. The van der Waals surface area contributed by atoms with Crippen LogP contribution in [0, 0.1) is 0 Å². The Balaban J connectivity index is 2.19. The third kappa shape index (κ3) is 6.73. The Bertz CT molecular complexity index is 920. The van der Waals surface area contributed by atoms with Crippen LogP contribution in [0.25, 0.3) is 0 Å². The topological polar surface area (TPSA) is 98.8 Å². The summed E-state index contributed by atoms with van der Waals surface area (Å²) in [5.74, 6) is -2.31. The van der Waals surface area contributed by atoms with Gasteiger partial charge in [0.15, 0.2) is 5.78 Å². The molecule has 0 aliphatic heterocycles. The van der Waals surface area contributed by atoms with Crippen LogP contribution in [-0.2, 0) is 23.9 Å². The summed E-state index contributed by atoms with van der Waals surface area (Å²) in [5.41, 5.74) is 1.28. The number of nitrogens with one attached hydrogen (secondary N) is 1. The number of hydrogen-bond acceptors (Lipinski definition) is 6. The van der Waals surface area contributed by atoms with Crippen molar-refractivity contribution < 1.29 is 28.7 Å². The van der Waals surface area contributed by atoms with Crippen LogP contribution in [0.2, 0.25) is 0 Å². The zero-order valence-corrected chi connectivity index (χ0v) is 16.1. The highest BCUT2D eigenvalue weighted by atomic mass is 16.5. The summed E-state index contributed by atoms with van der Waals surface area (Å²) in [7, 11) is 0. The molecule has 29 heavy (non-hydrogen) atoms. The Morgan fingerprint density at radius 1 is 0.966 bits per heavy atom. The summed E-state index contributed by atoms with van der Waals surface area (Å²) < 4.78 is 9.96. The van der Waals surface area contributed by atoms with Crippen molar-refractivity contribution in [3.63, 3.8) is 0 Å². The molecule has 150 valence electrons. The summed E-state index contributed by atoms with van der Waals surface area (Å²) in [6, 6.07) is 14.9. The highest BCUT2D eigenvalue weighted by molar-refractivity contribution is 6.00. The molecule has 0 radical (unpaired) electrons. The van der Waals surface area contributed by atoms with Crippen LogP contribution in [-0.4, -0.2) is 30.2 Å². The fraction of sp³-hybridized carbons (Fsp3) is 0.182. The Morgan fingerprint density at radius 2 is 1.66 bits per heavy atom. The van der Waals surface area contributed by atoms with Gasteiger partial charge in [-0.3, -0.25) is 9.59 Å². The number of carbonyl (C=O) groups is 4. The average molecular weight is 395 g/mol. The monoisotopic (exact) mass is 395 g/mol. The average Bonchev–Trinajstić information content (AvgIpc) is 2.71. The highest BCUT2D eigenvalue weighted by Gasteiger charge is 2.24. The van der Waals surface area contributed by atoms with Crippen LogP contribution in [0.5, 0.6) is 0 Å². The van der Waals surface area contributed by atoms with Crippen LogP contribution in [0.15, 0.2) is 66.7 Å². The van der Waals surface area contributed by atoms with E-state index in [1.807, 2.05) is 0 Å². The second-order valence-electron chi connectivity index (χ2n) is 5.94. The molecular formula is C22H21NO6. The lowest BCUT2D eigenvalue weighted by Gasteiger charge is -2.17. The van der Waals surface area contributed by atoms with Gasteiger partial charge in [-0.15, -0.1) is 0 Å². The van der Waals surface area contributed by atoms with Crippen LogP contribution < -0.4 is 5.32 Å². The number of Topliss-reactive ketones (excluding diaryl/α,β-unsaturated/α-hetero) is 1. The van der Waals surface area contributed by atoms with Gasteiger partial charge in [-0.1, -0.05) is 42.5 Å². The fourth-order valence-electron chi connectivity index (χ4n) is 2.41. The number of amides is 1. The summed E-state index contributed by atoms with van der Waals surface area (Å²) in [5, 5.41) is 2.64. The van der Waals surface area contributed by atoms with Crippen molar-refractivity contribution in [1.82, 2.24) is 0 Å². The van der Waals surface area contributed by atoms with Gasteiger partial charge in [0.25, 0.3) is 5.91 Å². The van der Waals surface area contributed by atoms with Crippen LogP contribution in [0.1, 0.15) is 35.9 Å². The van der Waals surface area contributed by atoms with Gasteiger partial charge >= 0.3 is 11.9 Å². The van der Waals surface area contributed by atoms with E-state index in [0.717, 1.165) is 12.2 Å². The number of ether oxygens (including phenoxy) is 2. The molecule has 1 N–H and O–H groups in total. The number of anilines is 1. The van der Waals surface area contributed by atoms with Crippen molar-refractivity contribution in [3.05, 3.63) is 77.9 Å². The van der Waals surface area contributed by atoms with E-state index in [4.69, 9.17) is 9.47 Å². The minimum atomic E-state index is -1.25. The number of hydrogen-bond donors (Lipinski definition) is 1. The first-order chi connectivity index (χ1) is 13.9. The van der Waals surface area contributed by atoms with Crippen molar-refractivity contribution in [2.45, 2.75) is 20.0 Å². The molecule has 0 aliphatic carbocycles. The first-order valence-electron chi connectivity index (χ1n) is 8.93. The first-order valence-corrected chi connectivity index (χ1v) is 8.93. The standard InChI is InChI=1S/C22H21NO6/c1-3-28-19(25)12-13-20(26)29-21(16-8-5-4-6-9-16)22(27)23-18-11-7-10-17(14-18)15(2)24/h4-14,21H,3H2,1-2H3,(H,23,27)/b13-12+/t21-/m0/s1. The Labute approximate surface area is 168 Å². The smallest absolute Gasteiger partial charge is 0.332 e. The number of esters is 2. The molecule has 2 aromatic carbocycles. The van der Waals surface area contributed by atoms with E-state index in [1.165, 1.54) is 13.0 Å². The van der Waals surface area contributed by atoms with Gasteiger partial charge in [-0.05, 0) is 26.0 Å². The summed E-state index contributed by atoms with van der Waals surface area (Å²) in [4.78, 5) is 47.7. The van der Waals surface area contributed by atoms with Gasteiger partial charge in [0, 0.05) is 29.0 Å². The predicted octanol–water partition coefficient (Wildman–Crippen LogP) is 3.23. The third-order valence-electron chi connectivity index (χ3n) is 3.75. The largest absolute Gasteiger partial charge is 0.463 e. The maximum atomic E-state index is 12.8. The van der Waals surface area contributed by atoms with Crippen molar-refractivity contribution in [3.8, 4) is 0 Å². The third-order valence-corrected chi connectivity index (χ3v) is 3.75. The highest BCUT2D eigenvalue weighted by Crippen LogP contribution is 2.21. The second kappa shape index (κ2) is 10.6. The SMILES string of the molecule is CCOC(=O)/C=C/C(=O)O[C@H](C(=O)Nc1cccc(C(C)=O)c1)c1ccccc1. The normalized spacial score (nSPS) is 11.5. The molecule has 2 rings (SSSR count). The molecule has 0 saturated heterocycles. The number of carbonyl (C=O) groups excluding carboxylic acids is 4. The lowest BCUT2D eigenvalue weighted by Crippen LogP contribution is -2.25. The first kappa shape index (κ1) is 21.6. The summed E-state index contributed by atoms with van der Waals surface area (Å²) >= 11 is 0. The van der Waals surface area contributed by atoms with E-state index in [2.05, 4.69) is 5.32 Å². The molecule has 0 fully saturated rings. The molecule has 0 unspecified atom stereocenters. The molecule has 0 bridgehead atoms. The van der Waals surface area contributed by atoms with E-state index in [9.17, 15) is 19.2 Å². The van der Waals surface area contributed by atoms with E-state index in [1.54, 1.807) is 55.5 Å². The van der Waals surface area contributed by atoms with E-state index >= 15 is 0 Å². The van der Waals surface area contributed by atoms with Crippen LogP contribution >= 0.6 is 0 Å². The summed E-state index contributed by atoms with van der Waals surface area (Å²) in [6.45, 7) is 3.24. The lowest BCUT2D eigenvalue weighted by atomic mass is 10.1. The maximum Gasteiger partial charge on any atom is 0.332 e. The zero-order chi connectivity index (χ0) is 21.2. The molecule has 1 amide bonds. The zero-order valence-electron chi connectivity index (χ0n) is 16.1. The van der Waals surface area contributed by atoms with Gasteiger partial charge < -0.3 is 14.8 Å². The van der Waals surface area contributed by atoms with Gasteiger partial charge in [0.2, 0.25) is 6.10 Å². The van der Waals surface area contributed by atoms with Gasteiger partial charge in [-0.25, -0.2) is 9.59 Å². The van der Waals surface area contributed by atoms with Gasteiger partial charge in [-0.2, -0.15) is 0 Å². The molecule has 2 aromatic rings. The van der Waals surface area contributed by atoms with Crippen LogP contribution in [0.4, 0.5) is 5.69 Å². The minimum absolute atomic E-state index is 0.142. The van der Waals surface area contributed by atoms with Crippen molar-refractivity contribution in [2.24, 2.45) is 0 Å². The number of rotatable bonds is 8. The van der Waals surface area contributed by atoms with Gasteiger partial charge in [0.1, 0.15) is 0 Å². The predicted molar refractivity (Wildman–Crippen MR) is 106 cm³/mol. The maximum absolute atomic E-state index is 12.8. The molecule has 0 spiro atoms. The van der Waals surface area contributed by atoms with Crippen molar-refractivity contribution >= 4 is 29.3 Å². The molecule has 0 aromatic heterocycles. The van der Waals surface area contributed by atoms with Gasteiger partial charge in [0.05, 0.1) is 6.61 Å². The number of ketones is 1. The molecular weight excluding hydrogens is 374 g/mol. The quantitative estimate of drug-likeness (QED) is 0.419. The lowest BCUT2D eigenvalue weighted by molar-refractivity contribution is -0.150. The molecule has 0 saturated carbocycles. The van der Waals surface area contributed by atoms with E-state index < -0.39 is 23.9 Å². The minimum Gasteiger partial charge on any atom is -0.463 e. The Hall–Kier alpha value is -3.74. The fourth-order valence-corrected chi connectivity index (χ4v) is 2.41.